The van der Waals surface area contributed by atoms with Crippen molar-refractivity contribution < 1.29 is 9.59 Å². The van der Waals surface area contributed by atoms with Crippen molar-refractivity contribution in [3.63, 3.8) is 0 Å². The van der Waals surface area contributed by atoms with Gasteiger partial charge in [-0.25, -0.2) is 0 Å². The van der Waals surface area contributed by atoms with Gasteiger partial charge in [0, 0.05) is 17.0 Å². The monoisotopic (exact) mass is 210 g/mol. The first kappa shape index (κ1) is 10.9. The molecule has 0 aliphatic carbocycles. The van der Waals surface area contributed by atoms with Crippen molar-refractivity contribution in [2.24, 2.45) is 0 Å². The molecule has 0 N–H and O–H groups in total. The van der Waals surface area contributed by atoms with Crippen LogP contribution < -0.4 is 0 Å². The van der Waals surface area contributed by atoms with Crippen LogP contribution in [0.2, 0.25) is 5.02 Å². The summed E-state index contributed by atoms with van der Waals surface area (Å²) in [5, 5.41) is 0.586. The predicted octanol–water partition coefficient (Wildman–Crippen LogP) is 2.89. The predicted molar refractivity (Wildman–Crippen MR) is 55.7 cm³/mol. The minimum atomic E-state index is -0.145. The molecule has 0 aromatic heterocycles. The number of carbonyl (C=O) groups is 2. The van der Waals surface area contributed by atoms with Gasteiger partial charge >= 0.3 is 0 Å². The summed E-state index contributed by atoms with van der Waals surface area (Å²) < 4.78 is 0. The molecule has 0 saturated heterocycles. The van der Waals surface area contributed by atoms with Crippen LogP contribution in [0.1, 0.15) is 30.1 Å². The lowest BCUT2D eigenvalue weighted by molar-refractivity contribution is -0.117. The van der Waals surface area contributed by atoms with E-state index >= 15 is 0 Å². The third kappa shape index (κ3) is 2.96. The minimum absolute atomic E-state index is 0.0157. The molecular formula is C11H11ClO2. The second-order valence-corrected chi connectivity index (χ2v) is 3.44. The maximum absolute atomic E-state index is 11.5. The summed E-state index contributed by atoms with van der Waals surface area (Å²) in [4.78, 5) is 22.5. The Morgan fingerprint density at radius 3 is 2.29 bits per heavy atom. The van der Waals surface area contributed by atoms with Gasteiger partial charge in [-0.1, -0.05) is 18.5 Å². The van der Waals surface area contributed by atoms with Gasteiger partial charge in [-0.2, -0.15) is 0 Å². The molecular weight excluding hydrogens is 200 g/mol. The number of ketones is 2. The van der Waals surface area contributed by atoms with E-state index < -0.39 is 0 Å². The van der Waals surface area contributed by atoms with Gasteiger partial charge in [0.15, 0.2) is 5.78 Å². The summed E-state index contributed by atoms with van der Waals surface area (Å²) in [6, 6.07) is 6.55. The molecule has 1 aromatic rings. The van der Waals surface area contributed by atoms with Crippen LogP contribution in [0.5, 0.6) is 0 Å². The number of hydrogen-bond donors (Lipinski definition) is 0. The number of hydrogen-bond acceptors (Lipinski definition) is 2. The Labute approximate surface area is 87.9 Å². The zero-order valence-corrected chi connectivity index (χ0v) is 8.67. The Kier molecular flexibility index (Phi) is 3.84. The van der Waals surface area contributed by atoms with Crippen LogP contribution in [0.3, 0.4) is 0 Å². The second-order valence-electron chi connectivity index (χ2n) is 3.00. The minimum Gasteiger partial charge on any atom is -0.299 e. The van der Waals surface area contributed by atoms with E-state index in [2.05, 4.69) is 0 Å². The lowest BCUT2D eigenvalue weighted by Crippen LogP contribution is -2.06. The SMILES string of the molecule is CCC(=O)CC(=O)c1ccc(Cl)cc1. The number of halogens is 1. The molecule has 0 fully saturated rings. The van der Waals surface area contributed by atoms with Crippen LogP contribution in [0, 0.1) is 0 Å². The van der Waals surface area contributed by atoms with Gasteiger partial charge in [0.1, 0.15) is 5.78 Å². The average Bonchev–Trinajstić information content (AvgIpc) is 2.18. The zero-order chi connectivity index (χ0) is 10.6. The first-order chi connectivity index (χ1) is 6.63. The Morgan fingerprint density at radius 2 is 1.79 bits per heavy atom. The maximum Gasteiger partial charge on any atom is 0.170 e. The van der Waals surface area contributed by atoms with Crippen molar-refractivity contribution in [3.8, 4) is 0 Å². The third-order valence-corrected chi connectivity index (χ3v) is 2.17. The van der Waals surface area contributed by atoms with Crippen LogP contribution in [0.15, 0.2) is 24.3 Å². The van der Waals surface area contributed by atoms with E-state index in [0.717, 1.165) is 0 Å². The smallest absolute Gasteiger partial charge is 0.170 e. The molecule has 0 spiro atoms. The van der Waals surface area contributed by atoms with E-state index in [9.17, 15) is 9.59 Å². The summed E-state index contributed by atoms with van der Waals surface area (Å²) >= 11 is 5.67. The molecule has 0 amide bonds. The summed E-state index contributed by atoms with van der Waals surface area (Å²) in [7, 11) is 0. The summed E-state index contributed by atoms with van der Waals surface area (Å²) in [6.07, 6.45) is 0.386. The van der Waals surface area contributed by atoms with Gasteiger partial charge in [-0.3, -0.25) is 9.59 Å². The van der Waals surface area contributed by atoms with Crippen molar-refractivity contribution in [2.75, 3.05) is 0 Å². The van der Waals surface area contributed by atoms with Crippen LogP contribution >= 0.6 is 11.6 Å². The highest BCUT2D eigenvalue weighted by molar-refractivity contribution is 6.30. The van der Waals surface area contributed by atoms with E-state index in [0.29, 0.717) is 17.0 Å². The van der Waals surface area contributed by atoms with Gasteiger partial charge in [-0.15, -0.1) is 0 Å². The van der Waals surface area contributed by atoms with Gasteiger partial charge in [0.05, 0.1) is 6.42 Å². The zero-order valence-electron chi connectivity index (χ0n) is 7.92. The van der Waals surface area contributed by atoms with Crippen molar-refractivity contribution in [3.05, 3.63) is 34.9 Å². The number of rotatable bonds is 4. The van der Waals surface area contributed by atoms with Crippen LogP contribution in [0.4, 0.5) is 0 Å². The van der Waals surface area contributed by atoms with Crippen molar-refractivity contribution in [1.29, 1.82) is 0 Å². The Bertz CT molecular complexity index is 341. The molecule has 1 rings (SSSR count). The molecule has 0 heterocycles. The standard InChI is InChI=1S/C11H11ClO2/c1-2-10(13)7-11(14)8-3-5-9(12)6-4-8/h3-6H,2,7H2,1H3. The van der Waals surface area contributed by atoms with E-state index in [1.165, 1.54) is 0 Å². The number of carbonyl (C=O) groups excluding carboxylic acids is 2. The molecule has 2 nitrogen and oxygen atoms in total. The Balaban J connectivity index is 2.70. The highest BCUT2D eigenvalue weighted by atomic mass is 35.5. The van der Waals surface area contributed by atoms with Gasteiger partial charge < -0.3 is 0 Å². The second kappa shape index (κ2) is 4.91. The summed E-state index contributed by atoms with van der Waals surface area (Å²) in [5.41, 5.74) is 0.538. The first-order valence-corrected chi connectivity index (χ1v) is 4.81. The highest BCUT2D eigenvalue weighted by Gasteiger charge is 2.09. The van der Waals surface area contributed by atoms with Crippen molar-refractivity contribution in [1.82, 2.24) is 0 Å². The Hall–Kier alpha value is -1.15. The molecule has 0 saturated carbocycles. The maximum atomic E-state index is 11.5. The largest absolute Gasteiger partial charge is 0.299 e. The Morgan fingerprint density at radius 1 is 1.21 bits per heavy atom. The van der Waals surface area contributed by atoms with E-state index in [1.54, 1.807) is 31.2 Å². The molecule has 0 aliphatic heterocycles. The molecule has 0 aliphatic rings. The van der Waals surface area contributed by atoms with E-state index in [4.69, 9.17) is 11.6 Å². The summed E-state index contributed by atoms with van der Waals surface area (Å²) in [5.74, 6) is -0.182. The fourth-order valence-corrected chi connectivity index (χ4v) is 1.17. The van der Waals surface area contributed by atoms with E-state index in [-0.39, 0.29) is 18.0 Å². The fourth-order valence-electron chi connectivity index (χ4n) is 1.04. The van der Waals surface area contributed by atoms with Crippen LogP contribution in [-0.4, -0.2) is 11.6 Å². The number of benzene rings is 1. The van der Waals surface area contributed by atoms with Crippen molar-refractivity contribution >= 4 is 23.2 Å². The van der Waals surface area contributed by atoms with Crippen LogP contribution in [0.25, 0.3) is 0 Å². The lowest BCUT2D eigenvalue weighted by atomic mass is 10.1. The molecule has 0 unspecified atom stereocenters. The molecule has 0 radical (unpaired) electrons. The number of Topliss-reactive ketones (excluding diaryl/α,β-unsaturated/α-hetero) is 2. The van der Waals surface area contributed by atoms with Crippen molar-refractivity contribution in [2.45, 2.75) is 19.8 Å². The highest BCUT2D eigenvalue weighted by Crippen LogP contribution is 2.11. The van der Waals surface area contributed by atoms with Gasteiger partial charge in [0.25, 0.3) is 0 Å². The third-order valence-electron chi connectivity index (χ3n) is 1.92. The summed E-state index contributed by atoms with van der Waals surface area (Å²) in [6.45, 7) is 1.75. The van der Waals surface area contributed by atoms with Gasteiger partial charge in [-0.05, 0) is 24.3 Å². The fraction of sp³-hybridized carbons (Fsp3) is 0.273. The quantitative estimate of drug-likeness (QED) is 0.566. The molecule has 74 valence electrons. The molecule has 1 aromatic carbocycles. The lowest BCUT2D eigenvalue weighted by Gasteiger charge is -1.99. The molecule has 14 heavy (non-hydrogen) atoms. The molecule has 0 atom stereocenters. The molecule has 3 heteroatoms. The van der Waals surface area contributed by atoms with E-state index in [1.807, 2.05) is 0 Å². The van der Waals surface area contributed by atoms with Gasteiger partial charge in [0.2, 0.25) is 0 Å². The normalized spacial score (nSPS) is 9.86. The van der Waals surface area contributed by atoms with Crippen LogP contribution in [-0.2, 0) is 4.79 Å². The average molecular weight is 211 g/mol. The molecule has 0 bridgehead atoms. The topological polar surface area (TPSA) is 34.1 Å². The first-order valence-electron chi connectivity index (χ1n) is 4.44.